The molecule has 0 aromatic heterocycles. The summed E-state index contributed by atoms with van der Waals surface area (Å²) in [6, 6.07) is 0. The van der Waals surface area contributed by atoms with Gasteiger partial charge in [0.25, 0.3) is 0 Å². The van der Waals surface area contributed by atoms with Crippen LogP contribution in [0, 0.1) is 5.92 Å². The predicted molar refractivity (Wildman–Crippen MR) is 69.3 cm³/mol. The van der Waals surface area contributed by atoms with Crippen molar-refractivity contribution in [2.45, 2.75) is 44.2 Å². The molecule has 0 bridgehead atoms. The summed E-state index contributed by atoms with van der Waals surface area (Å²) in [6.45, 7) is 7.67. The Balaban J connectivity index is 1.97. The van der Waals surface area contributed by atoms with Crippen LogP contribution in [0.2, 0.25) is 0 Å². The zero-order chi connectivity index (χ0) is 13.8. The second-order valence-corrected chi connectivity index (χ2v) is 5.81. The molecule has 1 N–H and O–H groups in total. The lowest BCUT2D eigenvalue weighted by molar-refractivity contribution is -0.137. The van der Waals surface area contributed by atoms with Crippen LogP contribution in [-0.2, 0) is 14.3 Å². The SMILES string of the molecule is C=C1C(=O)O[C@H]2/C=C(/C)C=C[C@H]3O[C@]3(C)C[C@@H](O)[C@@H]12. The maximum absolute atomic E-state index is 11.6. The molecule has 0 saturated carbocycles. The third-order valence-electron chi connectivity index (χ3n) is 4.19. The first kappa shape index (κ1) is 12.6. The topological polar surface area (TPSA) is 59.1 Å². The predicted octanol–water partition coefficient (Wildman–Crippen LogP) is 1.51. The fourth-order valence-electron chi connectivity index (χ4n) is 2.96. The lowest BCUT2D eigenvalue weighted by Gasteiger charge is -2.23. The molecule has 19 heavy (non-hydrogen) atoms. The molecular weight excluding hydrogens is 244 g/mol. The largest absolute Gasteiger partial charge is 0.454 e. The number of carbonyl (C=O) groups excluding carboxylic acids is 1. The fraction of sp³-hybridized carbons (Fsp3) is 0.533. The molecule has 0 spiro atoms. The first-order valence-electron chi connectivity index (χ1n) is 6.53. The van der Waals surface area contributed by atoms with Gasteiger partial charge in [-0.2, -0.15) is 0 Å². The Bertz CT molecular complexity index is 504. The van der Waals surface area contributed by atoms with Crippen molar-refractivity contribution in [3.63, 3.8) is 0 Å². The molecule has 2 fully saturated rings. The van der Waals surface area contributed by atoms with Crippen molar-refractivity contribution in [3.05, 3.63) is 36.0 Å². The summed E-state index contributed by atoms with van der Waals surface area (Å²) in [7, 11) is 0. The fourth-order valence-corrected chi connectivity index (χ4v) is 2.96. The van der Waals surface area contributed by atoms with Gasteiger partial charge in [0.2, 0.25) is 0 Å². The Hall–Kier alpha value is -1.39. The van der Waals surface area contributed by atoms with Gasteiger partial charge >= 0.3 is 5.97 Å². The lowest BCUT2D eigenvalue weighted by atomic mass is 9.84. The molecular formula is C15H18O4. The van der Waals surface area contributed by atoms with E-state index in [2.05, 4.69) is 6.58 Å². The Morgan fingerprint density at radius 1 is 1.53 bits per heavy atom. The van der Waals surface area contributed by atoms with Crippen LogP contribution in [0.5, 0.6) is 0 Å². The average molecular weight is 262 g/mol. The van der Waals surface area contributed by atoms with Crippen LogP contribution in [0.25, 0.3) is 0 Å². The molecule has 3 rings (SSSR count). The summed E-state index contributed by atoms with van der Waals surface area (Å²) >= 11 is 0. The van der Waals surface area contributed by atoms with Gasteiger partial charge in [0.05, 0.1) is 17.6 Å². The van der Waals surface area contributed by atoms with E-state index < -0.39 is 18.2 Å². The smallest absolute Gasteiger partial charge is 0.334 e. The number of carbonyl (C=O) groups is 1. The highest BCUT2D eigenvalue weighted by Crippen LogP contribution is 2.45. The molecule has 3 aliphatic rings. The number of allylic oxidation sites excluding steroid dienone is 2. The highest BCUT2D eigenvalue weighted by molar-refractivity contribution is 5.91. The second kappa shape index (κ2) is 4.05. The zero-order valence-corrected chi connectivity index (χ0v) is 11.1. The highest BCUT2D eigenvalue weighted by atomic mass is 16.6. The Kier molecular flexibility index (Phi) is 2.69. The van der Waals surface area contributed by atoms with Crippen LogP contribution in [0.1, 0.15) is 20.3 Å². The number of ether oxygens (including phenoxy) is 2. The van der Waals surface area contributed by atoms with Crippen LogP contribution in [0.3, 0.4) is 0 Å². The van der Waals surface area contributed by atoms with Crippen LogP contribution in [0.4, 0.5) is 0 Å². The molecule has 0 unspecified atom stereocenters. The number of esters is 1. The number of epoxide rings is 1. The molecule has 0 aromatic rings. The highest BCUT2D eigenvalue weighted by Gasteiger charge is 2.54. The van der Waals surface area contributed by atoms with Gasteiger partial charge in [0.15, 0.2) is 0 Å². The zero-order valence-electron chi connectivity index (χ0n) is 11.1. The van der Waals surface area contributed by atoms with Crippen molar-refractivity contribution < 1.29 is 19.4 Å². The van der Waals surface area contributed by atoms with Crippen molar-refractivity contribution in [3.8, 4) is 0 Å². The van der Waals surface area contributed by atoms with E-state index in [9.17, 15) is 9.90 Å². The van der Waals surface area contributed by atoms with Gasteiger partial charge in [0.1, 0.15) is 12.2 Å². The number of aliphatic hydroxyl groups is 1. The Labute approximate surface area is 112 Å². The number of rotatable bonds is 0. The summed E-state index contributed by atoms with van der Waals surface area (Å²) < 4.78 is 10.9. The van der Waals surface area contributed by atoms with Gasteiger partial charge in [-0.15, -0.1) is 0 Å². The van der Waals surface area contributed by atoms with Crippen LogP contribution in [-0.4, -0.2) is 35.0 Å². The van der Waals surface area contributed by atoms with E-state index in [0.717, 1.165) is 5.57 Å². The maximum Gasteiger partial charge on any atom is 0.334 e. The number of hydrogen-bond acceptors (Lipinski definition) is 4. The van der Waals surface area contributed by atoms with E-state index in [-0.39, 0.29) is 17.6 Å². The molecule has 2 heterocycles. The normalized spacial score (nSPS) is 47.8. The minimum absolute atomic E-state index is 0.0355. The van der Waals surface area contributed by atoms with Gasteiger partial charge in [0, 0.05) is 12.0 Å². The van der Waals surface area contributed by atoms with Crippen molar-refractivity contribution >= 4 is 5.97 Å². The molecule has 4 heteroatoms. The van der Waals surface area contributed by atoms with Crippen LogP contribution < -0.4 is 0 Å². The second-order valence-electron chi connectivity index (χ2n) is 5.81. The van der Waals surface area contributed by atoms with Gasteiger partial charge in [-0.3, -0.25) is 0 Å². The first-order valence-corrected chi connectivity index (χ1v) is 6.53. The van der Waals surface area contributed by atoms with Crippen LogP contribution >= 0.6 is 0 Å². The molecule has 1 aliphatic carbocycles. The standard InChI is InChI=1S/C15H18O4/c1-8-4-5-12-15(3,19-12)7-10(16)13-9(2)14(17)18-11(13)6-8/h4-6,10-13,16H,2,7H2,1,3H3/b5-4?,8-6-/t10-,11+,12-,13-,15-/m1/s1. The minimum Gasteiger partial charge on any atom is -0.454 e. The van der Waals surface area contributed by atoms with Gasteiger partial charge in [-0.05, 0) is 19.9 Å². The first-order chi connectivity index (χ1) is 8.90. The molecule has 5 atom stereocenters. The van der Waals surface area contributed by atoms with Gasteiger partial charge in [-0.25, -0.2) is 4.79 Å². The Morgan fingerprint density at radius 3 is 3.00 bits per heavy atom. The molecule has 4 nitrogen and oxygen atoms in total. The summed E-state index contributed by atoms with van der Waals surface area (Å²) in [5.41, 5.74) is 1.00. The van der Waals surface area contributed by atoms with E-state index in [1.807, 2.05) is 32.1 Å². The lowest BCUT2D eigenvalue weighted by Crippen LogP contribution is -2.32. The summed E-state index contributed by atoms with van der Waals surface area (Å²) in [4.78, 5) is 11.6. The van der Waals surface area contributed by atoms with E-state index in [1.54, 1.807) is 0 Å². The molecule has 102 valence electrons. The van der Waals surface area contributed by atoms with E-state index >= 15 is 0 Å². The summed E-state index contributed by atoms with van der Waals surface area (Å²) in [6.07, 6.45) is 5.22. The van der Waals surface area contributed by atoms with Crippen molar-refractivity contribution in [2.75, 3.05) is 0 Å². The molecule has 0 radical (unpaired) electrons. The third-order valence-corrected chi connectivity index (χ3v) is 4.19. The monoisotopic (exact) mass is 262 g/mol. The molecule has 0 amide bonds. The van der Waals surface area contributed by atoms with Gasteiger partial charge in [-0.1, -0.05) is 24.3 Å². The molecule has 0 aromatic carbocycles. The maximum atomic E-state index is 11.6. The molecule has 2 saturated heterocycles. The molecule has 2 aliphatic heterocycles. The van der Waals surface area contributed by atoms with Crippen molar-refractivity contribution in [2.24, 2.45) is 5.92 Å². The van der Waals surface area contributed by atoms with Gasteiger partial charge < -0.3 is 14.6 Å². The summed E-state index contributed by atoms with van der Waals surface area (Å²) in [5.74, 6) is -0.796. The van der Waals surface area contributed by atoms with Crippen molar-refractivity contribution in [1.29, 1.82) is 0 Å². The van der Waals surface area contributed by atoms with Crippen LogP contribution in [0.15, 0.2) is 36.0 Å². The third kappa shape index (κ3) is 2.05. The van der Waals surface area contributed by atoms with E-state index in [4.69, 9.17) is 9.47 Å². The van der Waals surface area contributed by atoms with E-state index in [0.29, 0.717) is 12.0 Å². The van der Waals surface area contributed by atoms with E-state index in [1.165, 1.54) is 0 Å². The summed E-state index contributed by atoms with van der Waals surface area (Å²) in [5, 5.41) is 10.4. The van der Waals surface area contributed by atoms with Crippen molar-refractivity contribution in [1.82, 2.24) is 0 Å². The number of hydrogen-bond donors (Lipinski definition) is 1. The minimum atomic E-state index is -0.686. The number of aliphatic hydroxyl groups excluding tert-OH is 1. The Morgan fingerprint density at radius 2 is 2.26 bits per heavy atom. The number of fused-ring (bicyclic) bond motifs is 2. The average Bonchev–Trinajstić information content (AvgIpc) is 2.86. The quantitative estimate of drug-likeness (QED) is 0.408.